The maximum absolute atomic E-state index is 9.01. The smallest absolute Gasteiger partial charge is 0.227 e. The lowest BCUT2D eigenvalue weighted by Gasteiger charge is -2.01. The molecule has 104 valence electrons. The fraction of sp³-hybridized carbons (Fsp3) is 0.385. The normalized spacial score (nSPS) is 13.3. The standard InChI is InChI=1S/C13H18BrN3O2/c1-4-15-13(19-3)12(14)6-5-7-17-8-11(9-18)16-10(17)2/h4-6,8,18H,7,9H2,1-3H3/b6-5+,13-12-,15-4?. The van der Waals surface area contributed by atoms with Crippen LogP contribution in [0.2, 0.25) is 0 Å². The lowest BCUT2D eigenvalue weighted by atomic mass is 10.4. The zero-order valence-electron chi connectivity index (χ0n) is 11.3. The van der Waals surface area contributed by atoms with Gasteiger partial charge in [0.15, 0.2) is 0 Å². The van der Waals surface area contributed by atoms with Gasteiger partial charge in [0.25, 0.3) is 0 Å². The van der Waals surface area contributed by atoms with Gasteiger partial charge in [0.1, 0.15) is 5.82 Å². The number of aliphatic imine (C=N–C) groups is 1. The van der Waals surface area contributed by atoms with Gasteiger partial charge in [0.05, 0.1) is 23.9 Å². The number of aromatic nitrogens is 2. The summed E-state index contributed by atoms with van der Waals surface area (Å²) < 4.78 is 7.86. The number of aliphatic hydroxyl groups is 1. The molecule has 0 bridgehead atoms. The highest BCUT2D eigenvalue weighted by atomic mass is 79.9. The van der Waals surface area contributed by atoms with Crippen molar-refractivity contribution in [3.8, 4) is 0 Å². The first-order valence-corrected chi connectivity index (χ1v) is 6.64. The van der Waals surface area contributed by atoms with Crippen molar-refractivity contribution in [1.29, 1.82) is 0 Å². The molecule has 0 fully saturated rings. The number of aliphatic hydroxyl groups excluding tert-OH is 1. The Hall–Kier alpha value is -1.40. The Morgan fingerprint density at radius 2 is 2.37 bits per heavy atom. The lowest BCUT2D eigenvalue weighted by Crippen LogP contribution is -1.96. The van der Waals surface area contributed by atoms with Crippen LogP contribution in [0.3, 0.4) is 0 Å². The van der Waals surface area contributed by atoms with Crippen LogP contribution in [0.4, 0.5) is 0 Å². The molecule has 0 saturated heterocycles. The Labute approximate surface area is 121 Å². The van der Waals surface area contributed by atoms with Crippen LogP contribution in [-0.4, -0.2) is 28.0 Å². The summed E-state index contributed by atoms with van der Waals surface area (Å²) in [6.45, 7) is 4.36. The third kappa shape index (κ3) is 4.65. The molecule has 0 spiro atoms. The van der Waals surface area contributed by atoms with E-state index in [0.717, 1.165) is 10.3 Å². The molecule has 1 heterocycles. The van der Waals surface area contributed by atoms with Gasteiger partial charge in [0.2, 0.25) is 5.88 Å². The van der Waals surface area contributed by atoms with Crippen molar-refractivity contribution in [2.75, 3.05) is 7.11 Å². The number of rotatable bonds is 6. The molecule has 0 aliphatic carbocycles. The van der Waals surface area contributed by atoms with E-state index in [2.05, 4.69) is 25.9 Å². The van der Waals surface area contributed by atoms with Gasteiger partial charge in [-0.25, -0.2) is 9.98 Å². The fourth-order valence-electron chi connectivity index (χ4n) is 1.51. The summed E-state index contributed by atoms with van der Waals surface area (Å²) in [5.74, 6) is 1.39. The first-order chi connectivity index (χ1) is 9.12. The van der Waals surface area contributed by atoms with Crippen LogP contribution < -0.4 is 0 Å². The number of aryl methyl sites for hydroxylation is 1. The van der Waals surface area contributed by atoms with Crippen molar-refractivity contribution >= 4 is 22.1 Å². The highest BCUT2D eigenvalue weighted by Crippen LogP contribution is 2.15. The third-order valence-corrected chi connectivity index (χ3v) is 3.00. The van der Waals surface area contributed by atoms with Crippen molar-refractivity contribution in [1.82, 2.24) is 9.55 Å². The van der Waals surface area contributed by atoms with Crippen LogP contribution in [0, 0.1) is 6.92 Å². The second-order valence-corrected chi connectivity index (χ2v) is 4.59. The first-order valence-electron chi connectivity index (χ1n) is 5.84. The summed E-state index contributed by atoms with van der Waals surface area (Å²) >= 11 is 3.41. The molecule has 0 aliphatic rings. The second kappa shape index (κ2) is 7.91. The van der Waals surface area contributed by atoms with Gasteiger partial charge >= 0.3 is 0 Å². The molecule has 0 amide bonds. The van der Waals surface area contributed by atoms with Gasteiger partial charge in [-0.15, -0.1) is 0 Å². The summed E-state index contributed by atoms with van der Waals surface area (Å²) in [4.78, 5) is 8.30. The minimum Gasteiger partial charge on any atom is -0.480 e. The van der Waals surface area contributed by atoms with Gasteiger partial charge in [-0.2, -0.15) is 0 Å². The number of hydrogen-bond acceptors (Lipinski definition) is 4. The molecule has 1 N–H and O–H groups in total. The Balaban J connectivity index is 2.74. The monoisotopic (exact) mass is 327 g/mol. The molecule has 6 heteroatoms. The number of nitrogens with zero attached hydrogens (tertiary/aromatic N) is 3. The Morgan fingerprint density at radius 1 is 1.63 bits per heavy atom. The second-order valence-electron chi connectivity index (χ2n) is 3.74. The quantitative estimate of drug-likeness (QED) is 0.496. The molecule has 1 rings (SSSR count). The predicted molar refractivity (Wildman–Crippen MR) is 79.2 cm³/mol. The number of allylic oxidation sites excluding steroid dienone is 3. The van der Waals surface area contributed by atoms with Crippen LogP contribution in [-0.2, 0) is 17.9 Å². The molecular weight excluding hydrogens is 310 g/mol. The zero-order valence-corrected chi connectivity index (χ0v) is 12.9. The number of halogens is 1. The van der Waals surface area contributed by atoms with E-state index in [0.29, 0.717) is 18.1 Å². The molecule has 0 aromatic carbocycles. The topological polar surface area (TPSA) is 59.6 Å². The molecule has 1 aromatic heterocycles. The van der Waals surface area contributed by atoms with Crippen LogP contribution in [0.15, 0.2) is 33.7 Å². The molecular formula is C13H18BrN3O2. The molecule has 0 aliphatic heterocycles. The average molecular weight is 328 g/mol. The Bertz CT molecular complexity index is 504. The van der Waals surface area contributed by atoms with Gasteiger partial charge in [-0.1, -0.05) is 6.08 Å². The van der Waals surface area contributed by atoms with Crippen LogP contribution in [0.1, 0.15) is 18.4 Å². The van der Waals surface area contributed by atoms with Crippen LogP contribution in [0.5, 0.6) is 0 Å². The van der Waals surface area contributed by atoms with Crippen molar-refractivity contribution in [2.24, 2.45) is 4.99 Å². The maximum Gasteiger partial charge on any atom is 0.227 e. The van der Waals surface area contributed by atoms with E-state index >= 15 is 0 Å². The van der Waals surface area contributed by atoms with Crippen LogP contribution in [0.25, 0.3) is 0 Å². The lowest BCUT2D eigenvalue weighted by molar-refractivity contribution is 0.277. The van der Waals surface area contributed by atoms with Crippen molar-refractivity contribution in [3.05, 3.63) is 40.2 Å². The number of methoxy groups -OCH3 is 1. The number of ether oxygens (including phenoxy) is 1. The third-order valence-electron chi connectivity index (χ3n) is 2.40. The van der Waals surface area contributed by atoms with Gasteiger partial charge in [0, 0.05) is 19.0 Å². The van der Waals surface area contributed by atoms with Gasteiger partial charge in [-0.05, 0) is 35.9 Å². The molecule has 0 saturated carbocycles. The van der Waals surface area contributed by atoms with E-state index in [9.17, 15) is 0 Å². The van der Waals surface area contributed by atoms with Crippen molar-refractivity contribution < 1.29 is 9.84 Å². The minimum absolute atomic E-state index is 0.0415. The van der Waals surface area contributed by atoms with Crippen molar-refractivity contribution in [2.45, 2.75) is 27.0 Å². The molecule has 0 radical (unpaired) electrons. The maximum atomic E-state index is 9.01. The van der Waals surface area contributed by atoms with E-state index in [4.69, 9.17) is 9.84 Å². The molecule has 0 unspecified atom stereocenters. The SMILES string of the molecule is CC=N/C(OC)=C(Br)\C=C\Cn1cc(CO)nc1C. The predicted octanol–water partition coefficient (Wildman–Crippen LogP) is 2.54. The van der Waals surface area contributed by atoms with E-state index in [1.54, 1.807) is 13.3 Å². The number of imidazole rings is 1. The molecule has 1 aromatic rings. The van der Waals surface area contributed by atoms with Gasteiger partial charge < -0.3 is 14.4 Å². The largest absolute Gasteiger partial charge is 0.480 e. The van der Waals surface area contributed by atoms with Crippen LogP contribution >= 0.6 is 15.9 Å². The summed E-state index contributed by atoms with van der Waals surface area (Å²) in [7, 11) is 1.57. The van der Waals surface area contributed by atoms with E-state index in [-0.39, 0.29) is 6.61 Å². The average Bonchev–Trinajstić information content (AvgIpc) is 2.76. The van der Waals surface area contributed by atoms with E-state index < -0.39 is 0 Å². The molecule has 0 atom stereocenters. The zero-order chi connectivity index (χ0) is 14.3. The van der Waals surface area contributed by atoms with E-state index in [1.807, 2.05) is 36.8 Å². The fourth-order valence-corrected chi connectivity index (χ4v) is 1.96. The van der Waals surface area contributed by atoms with E-state index in [1.165, 1.54) is 0 Å². The molecule has 5 nitrogen and oxygen atoms in total. The van der Waals surface area contributed by atoms with Crippen molar-refractivity contribution in [3.63, 3.8) is 0 Å². The van der Waals surface area contributed by atoms with Gasteiger partial charge in [-0.3, -0.25) is 0 Å². The summed E-state index contributed by atoms with van der Waals surface area (Å²) in [6, 6.07) is 0. The summed E-state index contributed by atoms with van der Waals surface area (Å²) in [5.41, 5.74) is 0.675. The highest BCUT2D eigenvalue weighted by molar-refractivity contribution is 9.11. The molecule has 19 heavy (non-hydrogen) atoms. The number of hydrogen-bond donors (Lipinski definition) is 1. The highest BCUT2D eigenvalue weighted by Gasteiger charge is 2.02. The first kappa shape index (κ1) is 15.7. The summed E-state index contributed by atoms with van der Waals surface area (Å²) in [5, 5.41) is 9.01. The Morgan fingerprint density at radius 3 is 2.89 bits per heavy atom. The summed E-state index contributed by atoms with van der Waals surface area (Å²) in [6.07, 6.45) is 7.34. The Kier molecular flexibility index (Phi) is 6.52. The minimum atomic E-state index is -0.0415.